The van der Waals surface area contributed by atoms with E-state index in [9.17, 15) is 0 Å². The van der Waals surface area contributed by atoms with Crippen molar-refractivity contribution in [1.82, 2.24) is 5.32 Å². The van der Waals surface area contributed by atoms with Gasteiger partial charge in [-0.1, -0.05) is 17.7 Å². The topological polar surface area (TPSA) is 33.7 Å². The summed E-state index contributed by atoms with van der Waals surface area (Å²) in [4.78, 5) is 2.42. The number of ether oxygens (including phenoxy) is 2. The number of anilines is 1. The number of rotatable bonds is 4. The highest BCUT2D eigenvalue weighted by atomic mass is 35.5. The molecule has 0 radical (unpaired) electrons. The molecule has 1 aromatic carbocycles. The number of hydrogen-bond donors (Lipinski definition) is 1. The molecule has 0 spiro atoms. The first-order valence-electron chi connectivity index (χ1n) is 8.05. The fourth-order valence-electron chi connectivity index (χ4n) is 3.31. The lowest BCUT2D eigenvalue weighted by molar-refractivity contribution is 0.0711. The maximum absolute atomic E-state index is 6.24. The quantitative estimate of drug-likeness (QED) is 0.923. The first-order chi connectivity index (χ1) is 10.7. The molecule has 0 bridgehead atoms. The Morgan fingerprint density at radius 2 is 2.05 bits per heavy atom. The first kappa shape index (κ1) is 16.1. The molecule has 1 aromatic rings. The molecule has 0 unspecified atom stereocenters. The van der Waals surface area contributed by atoms with Gasteiger partial charge in [-0.3, -0.25) is 0 Å². The van der Waals surface area contributed by atoms with Crippen LogP contribution in [0.3, 0.4) is 0 Å². The van der Waals surface area contributed by atoms with Crippen LogP contribution in [-0.2, 0) is 9.47 Å². The third-order valence-electron chi connectivity index (χ3n) is 4.80. The average molecular weight is 325 g/mol. The largest absolute Gasteiger partial charge is 0.377 e. The van der Waals surface area contributed by atoms with Gasteiger partial charge in [-0.25, -0.2) is 0 Å². The highest BCUT2D eigenvalue weighted by Crippen LogP contribution is 2.26. The van der Waals surface area contributed by atoms with Crippen molar-refractivity contribution in [2.75, 3.05) is 38.3 Å². The number of halogens is 1. The Hall–Kier alpha value is -0.810. The van der Waals surface area contributed by atoms with Gasteiger partial charge in [0.1, 0.15) is 0 Å². The van der Waals surface area contributed by atoms with E-state index in [0.29, 0.717) is 18.7 Å². The minimum atomic E-state index is 0.189. The van der Waals surface area contributed by atoms with Crippen LogP contribution in [0.4, 0.5) is 5.69 Å². The Morgan fingerprint density at radius 3 is 2.73 bits per heavy atom. The normalized spacial score (nSPS) is 26.6. The highest BCUT2D eigenvalue weighted by Gasteiger charge is 2.31. The second-order valence-electron chi connectivity index (χ2n) is 6.28. The van der Waals surface area contributed by atoms with Crippen LogP contribution in [0.5, 0.6) is 0 Å². The van der Waals surface area contributed by atoms with Crippen molar-refractivity contribution in [3.8, 4) is 0 Å². The van der Waals surface area contributed by atoms with Gasteiger partial charge < -0.3 is 19.7 Å². The molecule has 2 atom stereocenters. The molecule has 2 aliphatic heterocycles. The van der Waals surface area contributed by atoms with Crippen LogP contribution < -0.4 is 10.2 Å². The van der Waals surface area contributed by atoms with E-state index in [2.05, 4.69) is 28.4 Å². The number of nitrogens with one attached hydrogen (secondary N) is 1. The van der Waals surface area contributed by atoms with Gasteiger partial charge in [-0.2, -0.15) is 0 Å². The Labute approximate surface area is 137 Å². The zero-order valence-electron chi connectivity index (χ0n) is 13.3. The van der Waals surface area contributed by atoms with E-state index in [0.717, 1.165) is 43.1 Å². The molecule has 0 saturated carbocycles. The molecular weight excluding hydrogens is 300 g/mol. The van der Waals surface area contributed by atoms with Crippen molar-refractivity contribution in [3.63, 3.8) is 0 Å². The number of aryl methyl sites for hydroxylation is 1. The number of methoxy groups -OCH3 is 1. The van der Waals surface area contributed by atoms with Crippen LogP contribution in [0.25, 0.3) is 0 Å². The van der Waals surface area contributed by atoms with Crippen LogP contribution in [0.1, 0.15) is 18.4 Å². The summed E-state index contributed by atoms with van der Waals surface area (Å²) < 4.78 is 11.0. The van der Waals surface area contributed by atoms with Crippen LogP contribution in [-0.4, -0.2) is 51.6 Å². The average Bonchev–Trinajstić information content (AvgIpc) is 2.98. The van der Waals surface area contributed by atoms with E-state index in [4.69, 9.17) is 21.1 Å². The van der Waals surface area contributed by atoms with Gasteiger partial charge in [0.05, 0.1) is 25.4 Å². The molecule has 4 nitrogen and oxygen atoms in total. The van der Waals surface area contributed by atoms with Crippen molar-refractivity contribution in [1.29, 1.82) is 0 Å². The predicted octanol–water partition coefficient (Wildman–Crippen LogP) is 2.62. The maximum atomic E-state index is 6.24. The Morgan fingerprint density at radius 1 is 1.27 bits per heavy atom. The number of nitrogens with zero attached hydrogens (tertiary/aromatic N) is 1. The predicted molar refractivity (Wildman–Crippen MR) is 90.0 cm³/mol. The fraction of sp³-hybridized carbons (Fsp3) is 0.647. The van der Waals surface area contributed by atoms with Gasteiger partial charge >= 0.3 is 0 Å². The van der Waals surface area contributed by atoms with Crippen molar-refractivity contribution >= 4 is 17.3 Å². The minimum Gasteiger partial charge on any atom is -0.377 e. The van der Waals surface area contributed by atoms with Crippen molar-refractivity contribution in [2.45, 2.75) is 38.0 Å². The zero-order valence-corrected chi connectivity index (χ0v) is 14.1. The third-order valence-corrected chi connectivity index (χ3v) is 5.20. The molecule has 2 aliphatic rings. The van der Waals surface area contributed by atoms with E-state index >= 15 is 0 Å². The van der Waals surface area contributed by atoms with Gasteiger partial charge in [0.2, 0.25) is 0 Å². The van der Waals surface area contributed by atoms with E-state index < -0.39 is 0 Å². The molecular formula is C17H25ClN2O2. The summed E-state index contributed by atoms with van der Waals surface area (Å²) in [6.07, 6.45) is 2.46. The first-order valence-corrected chi connectivity index (χ1v) is 8.43. The monoisotopic (exact) mass is 324 g/mol. The summed E-state index contributed by atoms with van der Waals surface area (Å²) in [7, 11) is 1.76. The maximum Gasteiger partial charge on any atom is 0.0979 e. The molecule has 2 saturated heterocycles. The summed E-state index contributed by atoms with van der Waals surface area (Å²) >= 11 is 6.24. The molecule has 2 fully saturated rings. The Bertz CT molecular complexity index is 503. The van der Waals surface area contributed by atoms with Crippen molar-refractivity contribution < 1.29 is 9.47 Å². The van der Waals surface area contributed by atoms with Crippen LogP contribution in [0, 0.1) is 6.92 Å². The van der Waals surface area contributed by atoms with Gasteiger partial charge in [-0.05, 0) is 37.5 Å². The molecule has 2 heterocycles. The molecule has 122 valence electrons. The molecule has 0 aromatic heterocycles. The van der Waals surface area contributed by atoms with Gasteiger partial charge in [0, 0.05) is 37.0 Å². The lowest BCUT2D eigenvalue weighted by Gasteiger charge is -2.36. The second kappa shape index (κ2) is 7.18. The molecule has 3 rings (SSSR count). The Kier molecular flexibility index (Phi) is 5.24. The minimum absolute atomic E-state index is 0.189. The fourth-order valence-corrected chi connectivity index (χ4v) is 3.48. The van der Waals surface area contributed by atoms with E-state index in [1.807, 2.05) is 6.92 Å². The van der Waals surface area contributed by atoms with Crippen LogP contribution >= 0.6 is 11.6 Å². The van der Waals surface area contributed by atoms with Gasteiger partial charge in [-0.15, -0.1) is 0 Å². The molecule has 0 aliphatic carbocycles. The third kappa shape index (κ3) is 3.57. The summed E-state index contributed by atoms with van der Waals surface area (Å²) in [6.45, 7) is 5.61. The summed E-state index contributed by atoms with van der Waals surface area (Å²) in [5, 5.41) is 4.56. The molecule has 22 heavy (non-hydrogen) atoms. The lowest BCUT2D eigenvalue weighted by Crippen LogP contribution is -2.50. The lowest BCUT2D eigenvalue weighted by atomic mass is 10.0. The zero-order chi connectivity index (χ0) is 15.5. The van der Waals surface area contributed by atoms with E-state index in [1.165, 1.54) is 5.69 Å². The molecule has 0 amide bonds. The number of benzene rings is 1. The summed E-state index contributed by atoms with van der Waals surface area (Å²) in [6, 6.07) is 7.22. The Balaban J connectivity index is 1.52. The number of piperidine rings is 1. The van der Waals surface area contributed by atoms with Crippen LogP contribution in [0.2, 0.25) is 5.02 Å². The molecule has 1 N–H and O–H groups in total. The van der Waals surface area contributed by atoms with Crippen molar-refractivity contribution in [2.24, 2.45) is 0 Å². The van der Waals surface area contributed by atoms with Crippen molar-refractivity contribution in [3.05, 3.63) is 28.8 Å². The SMILES string of the molecule is CO[C@H]1COC[C@@H]1NC1CCN(c2ccc(C)c(Cl)c2)CC1. The smallest absolute Gasteiger partial charge is 0.0979 e. The number of hydrogen-bond acceptors (Lipinski definition) is 4. The second-order valence-corrected chi connectivity index (χ2v) is 6.69. The van der Waals surface area contributed by atoms with Crippen LogP contribution in [0.15, 0.2) is 18.2 Å². The highest BCUT2D eigenvalue weighted by molar-refractivity contribution is 6.31. The summed E-state index contributed by atoms with van der Waals surface area (Å²) in [5.41, 5.74) is 2.36. The van der Waals surface area contributed by atoms with E-state index in [1.54, 1.807) is 7.11 Å². The molecule has 5 heteroatoms. The van der Waals surface area contributed by atoms with Gasteiger partial charge in [0.15, 0.2) is 0 Å². The van der Waals surface area contributed by atoms with E-state index in [-0.39, 0.29) is 6.10 Å². The standard InChI is InChI=1S/C17H25ClN2O2/c1-12-3-4-14(9-15(12)18)20-7-5-13(6-8-20)19-16-10-22-11-17(16)21-2/h3-4,9,13,16-17,19H,5-8,10-11H2,1-2H3/t16-,17-/m0/s1. The summed E-state index contributed by atoms with van der Waals surface area (Å²) in [5.74, 6) is 0. The van der Waals surface area contributed by atoms with Gasteiger partial charge in [0.25, 0.3) is 0 Å².